The predicted molar refractivity (Wildman–Crippen MR) is 70.3 cm³/mol. The summed E-state index contributed by atoms with van der Waals surface area (Å²) < 4.78 is 1.81. The van der Waals surface area contributed by atoms with E-state index in [0.29, 0.717) is 18.0 Å². The molecule has 1 aromatic heterocycles. The number of aromatic nitrogens is 2. The first-order chi connectivity index (χ1) is 8.58. The molecular formula is C12H19ClN4O. The molecule has 1 aromatic rings. The van der Waals surface area contributed by atoms with E-state index >= 15 is 0 Å². The molecule has 1 saturated heterocycles. The highest BCUT2D eigenvalue weighted by Crippen LogP contribution is 2.13. The minimum absolute atomic E-state index is 0.182. The summed E-state index contributed by atoms with van der Waals surface area (Å²) in [6.07, 6.45) is 4.53. The molecule has 5 nitrogen and oxygen atoms in total. The van der Waals surface area contributed by atoms with E-state index in [1.54, 1.807) is 10.8 Å². The Morgan fingerprint density at radius 2 is 2.22 bits per heavy atom. The molecule has 0 bridgehead atoms. The Labute approximate surface area is 112 Å². The van der Waals surface area contributed by atoms with E-state index in [0.717, 1.165) is 31.8 Å². The maximum absolute atomic E-state index is 12.0. The Bertz CT molecular complexity index is 424. The summed E-state index contributed by atoms with van der Waals surface area (Å²) in [5.74, 6) is 1.03. The van der Waals surface area contributed by atoms with E-state index in [1.807, 2.05) is 11.9 Å². The number of hydrogen-bond acceptors (Lipinski definition) is 3. The minimum atomic E-state index is 0.182. The number of nitrogens with two attached hydrogens (primary N) is 1. The summed E-state index contributed by atoms with van der Waals surface area (Å²) in [6.45, 7) is 1.56. The fourth-order valence-electron chi connectivity index (χ4n) is 2.18. The molecule has 0 aliphatic carbocycles. The third kappa shape index (κ3) is 3.03. The molecule has 1 aliphatic rings. The molecule has 0 unspecified atom stereocenters. The van der Waals surface area contributed by atoms with Crippen molar-refractivity contribution in [3.05, 3.63) is 17.2 Å². The summed E-state index contributed by atoms with van der Waals surface area (Å²) >= 11 is 5.90. The van der Waals surface area contributed by atoms with Crippen LogP contribution in [0.5, 0.6) is 0 Å². The van der Waals surface area contributed by atoms with Crippen molar-refractivity contribution in [2.24, 2.45) is 12.8 Å². The molecule has 1 fully saturated rings. The summed E-state index contributed by atoms with van der Waals surface area (Å²) in [4.78, 5) is 18.1. The standard InChI is InChI=1S/C12H19ClN4O/c1-16-10(13)8-15-11(16)2-3-12(18)17-6-4-9(14)5-7-17/h8-9H,2-7,14H2,1H3. The Hall–Kier alpha value is -1.07. The van der Waals surface area contributed by atoms with Crippen molar-refractivity contribution in [1.29, 1.82) is 0 Å². The first kappa shape index (κ1) is 13.4. The van der Waals surface area contributed by atoms with Gasteiger partial charge in [0.05, 0.1) is 6.20 Å². The first-order valence-electron chi connectivity index (χ1n) is 6.27. The Morgan fingerprint density at radius 1 is 1.56 bits per heavy atom. The molecule has 0 saturated carbocycles. The number of rotatable bonds is 3. The summed E-state index contributed by atoms with van der Waals surface area (Å²) in [5, 5.41) is 0.599. The average Bonchev–Trinajstić information content (AvgIpc) is 2.68. The normalized spacial score (nSPS) is 17.2. The molecule has 2 heterocycles. The number of carbonyl (C=O) groups is 1. The van der Waals surface area contributed by atoms with E-state index in [4.69, 9.17) is 17.3 Å². The van der Waals surface area contributed by atoms with Crippen LogP contribution in [0.1, 0.15) is 25.1 Å². The minimum Gasteiger partial charge on any atom is -0.343 e. The second-order valence-electron chi connectivity index (χ2n) is 4.77. The van der Waals surface area contributed by atoms with Crippen molar-refractivity contribution in [1.82, 2.24) is 14.5 Å². The SMILES string of the molecule is Cn1c(Cl)cnc1CCC(=O)N1CCC(N)CC1. The molecule has 0 spiro atoms. The molecule has 0 radical (unpaired) electrons. The number of likely N-dealkylation sites (tertiary alicyclic amines) is 1. The fraction of sp³-hybridized carbons (Fsp3) is 0.667. The smallest absolute Gasteiger partial charge is 0.223 e. The number of carbonyl (C=O) groups excluding carboxylic acids is 1. The van der Waals surface area contributed by atoms with Crippen molar-refractivity contribution in [3.63, 3.8) is 0 Å². The zero-order valence-corrected chi connectivity index (χ0v) is 11.4. The number of imidazole rings is 1. The lowest BCUT2D eigenvalue weighted by Crippen LogP contribution is -2.42. The molecule has 2 N–H and O–H groups in total. The highest BCUT2D eigenvalue weighted by Gasteiger charge is 2.20. The van der Waals surface area contributed by atoms with E-state index in [-0.39, 0.29) is 11.9 Å². The maximum atomic E-state index is 12.0. The van der Waals surface area contributed by atoms with Gasteiger partial charge in [-0.3, -0.25) is 4.79 Å². The summed E-state index contributed by atoms with van der Waals surface area (Å²) in [7, 11) is 1.86. The average molecular weight is 271 g/mol. The quantitative estimate of drug-likeness (QED) is 0.890. The number of nitrogens with zero attached hydrogens (tertiary/aromatic N) is 3. The highest BCUT2D eigenvalue weighted by atomic mass is 35.5. The third-order valence-corrected chi connectivity index (χ3v) is 3.83. The lowest BCUT2D eigenvalue weighted by atomic mass is 10.1. The molecule has 0 aromatic carbocycles. The van der Waals surface area contributed by atoms with Crippen LogP contribution in [0.2, 0.25) is 5.15 Å². The second-order valence-corrected chi connectivity index (χ2v) is 5.16. The number of hydrogen-bond donors (Lipinski definition) is 1. The molecule has 6 heteroatoms. The van der Waals surface area contributed by atoms with Gasteiger partial charge in [-0.2, -0.15) is 0 Å². The highest BCUT2D eigenvalue weighted by molar-refractivity contribution is 6.29. The Morgan fingerprint density at radius 3 is 2.78 bits per heavy atom. The van der Waals surface area contributed by atoms with Crippen molar-refractivity contribution in [3.8, 4) is 0 Å². The van der Waals surface area contributed by atoms with Gasteiger partial charge >= 0.3 is 0 Å². The van der Waals surface area contributed by atoms with E-state index in [1.165, 1.54) is 0 Å². The molecule has 1 aliphatic heterocycles. The Kier molecular flexibility index (Phi) is 4.24. The van der Waals surface area contributed by atoms with E-state index in [9.17, 15) is 4.79 Å². The van der Waals surface area contributed by atoms with Crippen LogP contribution in [0.25, 0.3) is 0 Å². The van der Waals surface area contributed by atoms with Crippen LogP contribution < -0.4 is 5.73 Å². The number of aryl methyl sites for hydroxylation is 1. The van der Waals surface area contributed by atoms with Gasteiger partial charge < -0.3 is 15.2 Å². The van der Waals surface area contributed by atoms with Gasteiger partial charge in [-0.05, 0) is 12.8 Å². The van der Waals surface area contributed by atoms with Crippen molar-refractivity contribution >= 4 is 17.5 Å². The molecule has 18 heavy (non-hydrogen) atoms. The van der Waals surface area contributed by atoms with Crippen LogP contribution >= 0.6 is 11.6 Å². The molecule has 100 valence electrons. The van der Waals surface area contributed by atoms with E-state index < -0.39 is 0 Å². The zero-order valence-electron chi connectivity index (χ0n) is 10.6. The molecule has 1 amide bonds. The second kappa shape index (κ2) is 5.71. The lowest BCUT2D eigenvalue weighted by molar-refractivity contribution is -0.132. The van der Waals surface area contributed by atoms with Gasteiger partial charge in [0.15, 0.2) is 0 Å². The monoisotopic (exact) mass is 270 g/mol. The number of amides is 1. The van der Waals surface area contributed by atoms with Crippen LogP contribution in [0.15, 0.2) is 6.20 Å². The summed E-state index contributed by atoms with van der Waals surface area (Å²) in [6, 6.07) is 0.252. The van der Waals surface area contributed by atoms with Crippen LogP contribution in [0.4, 0.5) is 0 Å². The van der Waals surface area contributed by atoms with Crippen LogP contribution in [0.3, 0.4) is 0 Å². The molecule has 0 atom stereocenters. The van der Waals surface area contributed by atoms with Gasteiger partial charge in [0, 0.05) is 39.0 Å². The van der Waals surface area contributed by atoms with Gasteiger partial charge in [-0.1, -0.05) is 11.6 Å². The van der Waals surface area contributed by atoms with Crippen molar-refractivity contribution < 1.29 is 4.79 Å². The third-order valence-electron chi connectivity index (χ3n) is 3.48. The van der Waals surface area contributed by atoms with Gasteiger partial charge in [0.25, 0.3) is 0 Å². The van der Waals surface area contributed by atoms with Crippen LogP contribution in [0, 0.1) is 0 Å². The van der Waals surface area contributed by atoms with Gasteiger partial charge in [-0.25, -0.2) is 4.98 Å². The zero-order chi connectivity index (χ0) is 13.1. The lowest BCUT2D eigenvalue weighted by Gasteiger charge is -2.30. The largest absolute Gasteiger partial charge is 0.343 e. The summed E-state index contributed by atoms with van der Waals surface area (Å²) in [5.41, 5.74) is 5.82. The van der Waals surface area contributed by atoms with Gasteiger partial charge in [0.1, 0.15) is 11.0 Å². The molecule has 2 rings (SSSR count). The van der Waals surface area contributed by atoms with Crippen LogP contribution in [-0.4, -0.2) is 39.5 Å². The first-order valence-corrected chi connectivity index (χ1v) is 6.65. The predicted octanol–water partition coefficient (Wildman–Crippen LogP) is 0.956. The topological polar surface area (TPSA) is 64.2 Å². The van der Waals surface area contributed by atoms with E-state index in [2.05, 4.69) is 4.98 Å². The van der Waals surface area contributed by atoms with Crippen LogP contribution in [-0.2, 0) is 18.3 Å². The number of piperidine rings is 1. The Balaban J connectivity index is 1.83. The maximum Gasteiger partial charge on any atom is 0.223 e. The van der Waals surface area contributed by atoms with Gasteiger partial charge in [-0.15, -0.1) is 0 Å². The molecular weight excluding hydrogens is 252 g/mol. The van der Waals surface area contributed by atoms with Crippen molar-refractivity contribution in [2.45, 2.75) is 31.7 Å². The van der Waals surface area contributed by atoms with Crippen molar-refractivity contribution in [2.75, 3.05) is 13.1 Å². The number of halogens is 1. The van der Waals surface area contributed by atoms with Gasteiger partial charge in [0.2, 0.25) is 5.91 Å². The fourth-order valence-corrected chi connectivity index (χ4v) is 2.33.